The predicted octanol–water partition coefficient (Wildman–Crippen LogP) is -0.897. The third-order valence-electron chi connectivity index (χ3n) is 6.36. The number of nitrogen functional groups attached to an aromatic ring is 2. The number of nitrogens with one attached hydrogen (secondary N) is 1. The van der Waals surface area contributed by atoms with Crippen LogP contribution in [-0.4, -0.2) is 24.8 Å². The first-order chi connectivity index (χ1) is 21.0. The van der Waals surface area contributed by atoms with Crippen LogP contribution in [0.3, 0.4) is 0 Å². The number of carbonyl (C=O) groups excluding carboxylic acids is 2. The van der Waals surface area contributed by atoms with E-state index < -0.39 is 26.9 Å². The second-order valence-corrected chi connectivity index (χ2v) is 10.7. The van der Waals surface area contributed by atoms with Crippen LogP contribution >= 0.6 is 0 Å². The second kappa shape index (κ2) is 15.5. The van der Waals surface area contributed by atoms with Crippen LogP contribution < -0.4 is 81.0 Å². The van der Waals surface area contributed by atoms with E-state index >= 15 is 0 Å². The second-order valence-electron chi connectivity index (χ2n) is 9.32. The maximum absolute atomic E-state index is 11.8. The molecule has 13 nitrogen and oxygen atoms in total. The Labute approximate surface area is 307 Å². The van der Waals surface area contributed by atoms with E-state index in [1.807, 2.05) is 24.3 Å². The zero-order chi connectivity index (χ0) is 31.4. The monoisotopic (exact) mass is 653 g/mol. The van der Waals surface area contributed by atoms with Gasteiger partial charge in [-0.3, -0.25) is 4.79 Å². The average Bonchev–Trinajstić information content (AvgIpc) is 3.00. The van der Waals surface area contributed by atoms with Crippen LogP contribution in [0.1, 0.15) is 0 Å². The molecule has 5 aromatic rings. The van der Waals surface area contributed by atoms with E-state index in [0.717, 1.165) is 17.2 Å². The van der Waals surface area contributed by atoms with Gasteiger partial charge in [0.15, 0.2) is 0 Å². The molecule has 0 unspecified atom stereocenters. The summed E-state index contributed by atoms with van der Waals surface area (Å²) in [6.45, 7) is 0. The number of hydrogen-bond donors (Lipinski definition) is 3. The molecule has 0 saturated carbocycles. The Kier molecular flexibility index (Phi) is 12.3. The summed E-state index contributed by atoms with van der Waals surface area (Å²) in [5.74, 6) is -3.24. The van der Waals surface area contributed by atoms with Gasteiger partial charge in [0, 0.05) is 16.5 Å². The molecule has 0 heterocycles. The summed E-state index contributed by atoms with van der Waals surface area (Å²) in [6.07, 6.45) is 0. The Morgan fingerprint density at radius 1 is 0.674 bits per heavy atom. The SMILES string of the molecule is Nc1ccc(N=Nc2ccc(-c3ccc(N=Nc4cc(S(=O)(=O)[O-])c5ccccc5c4N)cc3)cc2)c(NC(=O)C(=O)[O-])c1.[Na+].[Na+]. The maximum atomic E-state index is 11.8. The number of fused-ring (bicyclic) bond motifs is 1. The normalized spacial score (nSPS) is 11.2. The van der Waals surface area contributed by atoms with Gasteiger partial charge in [-0.25, -0.2) is 8.42 Å². The minimum absolute atomic E-state index is 0. The molecule has 5 rings (SSSR count). The van der Waals surface area contributed by atoms with E-state index in [1.54, 1.807) is 42.5 Å². The number of carboxylic acid groups (broad SMARTS) is 1. The van der Waals surface area contributed by atoms with E-state index in [0.29, 0.717) is 16.8 Å². The zero-order valence-corrected chi connectivity index (χ0v) is 29.4. The first-order valence-corrected chi connectivity index (χ1v) is 14.1. The smallest absolute Gasteiger partial charge is 0.744 e. The van der Waals surface area contributed by atoms with Gasteiger partial charge in [0.25, 0.3) is 5.91 Å². The number of carboxylic acids is 1. The summed E-state index contributed by atoms with van der Waals surface area (Å²) >= 11 is 0. The van der Waals surface area contributed by atoms with E-state index in [-0.39, 0.29) is 92.9 Å². The van der Waals surface area contributed by atoms with Crippen molar-refractivity contribution in [3.05, 3.63) is 97.1 Å². The van der Waals surface area contributed by atoms with Gasteiger partial charge in [-0.2, -0.15) is 10.2 Å². The van der Waals surface area contributed by atoms with Crippen molar-refractivity contribution in [1.29, 1.82) is 0 Å². The van der Waals surface area contributed by atoms with Crippen molar-refractivity contribution < 1.29 is 86.8 Å². The third kappa shape index (κ3) is 8.63. The molecule has 0 saturated heterocycles. The standard InChI is InChI=1S/C30H23N7O6S.2Na/c31-19-9-14-24(25(15-19)33-29(38)30(39)40)36-34-20-10-5-17(6-11-20)18-7-12-21(13-8-18)35-37-26-16-27(44(41,42)43)22-3-1-2-4-23(22)28(26)32;;/h1-16H,31-32H2,(H,33,38)(H,39,40)(H,41,42,43);;/q;2*+1/p-2. The van der Waals surface area contributed by atoms with Crippen LogP contribution in [0.4, 0.5) is 39.8 Å². The molecule has 0 aliphatic rings. The molecule has 5 aromatic carbocycles. The van der Waals surface area contributed by atoms with Crippen molar-refractivity contribution in [2.24, 2.45) is 20.5 Å². The third-order valence-corrected chi connectivity index (χ3v) is 7.24. The Bertz CT molecular complexity index is 2090. The Morgan fingerprint density at radius 2 is 1.20 bits per heavy atom. The summed E-state index contributed by atoms with van der Waals surface area (Å²) in [4.78, 5) is 21.9. The number of nitrogens with two attached hydrogens (primary N) is 2. The number of nitrogens with zero attached hydrogens (tertiary/aromatic N) is 4. The summed E-state index contributed by atoms with van der Waals surface area (Å²) in [5, 5.41) is 30.0. The first-order valence-electron chi connectivity index (χ1n) is 12.7. The molecule has 1 amide bonds. The topological polar surface area (TPSA) is 228 Å². The molecule has 0 spiro atoms. The van der Waals surface area contributed by atoms with Gasteiger partial charge < -0.3 is 31.2 Å². The van der Waals surface area contributed by atoms with Crippen molar-refractivity contribution >= 4 is 72.6 Å². The minimum atomic E-state index is -4.78. The molecular weight excluding hydrogens is 632 g/mol. The molecule has 0 aromatic heterocycles. The number of benzene rings is 5. The Balaban J connectivity index is 0.00000288. The Morgan fingerprint density at radius 3 is 1.72 bits per heavy atom. The number of anilines is 3. The van der Waals surface area contributed by atoms with Gasteiger partial charge in [0.1, 0.15) is 27.5 Å². The molecule has 0 radical (unpaired) electrons. The fourth-order valence-corrected chi connectivity index (χ4v) is 4.92. The summed E-state index contributed by atoms with van der Waals surface area (Å²) < 4.78 is 35.5. The zero-order valence-electron chi connectivity index (χ0n) is 24.5. The quantitative estimate of drug-likeness (QED) is 0.0654. The van der Waals surface area contributed by atoms with Crippen LogP contribution in [0.5, 0.6) is 0 Å². The molecule has 0 aliphatic heterocycles. The first kappa shape index (κ1) is 36.5. The fourth-order valence-electron chi connectivity index (χ4n) is 4.22. The largest absolute Gasteiger partial charge is 1.00 e. The number of rotatable bonds is 7. The predicted molar refractivity (Wildman–Crippen MR) is 161 cm³/mol. The van der Waals surface area contributed by atoms with Crippen LogP contribution in [0.2, 0.25) is 0 Å². The Hall–Kier alpha value is -3.99. The van der Waals surface area contributed by atoms with Crippen LogP contribution in [0.15, 0.2) is 122 Å². The number of carbonyl (C=O) groups is 2. The number of amides is 1. The number of azo groups is 2. The van der Waals surface area contributed by atoms with Gasteiger partial charge in [-0.15, -0.1) is 10.2 Å². The molecule has 16 heteroatoms. The molecule has 0 bridgehead atoms. The molecule has 220 valence electrons. The van der Waals surface area contributed by atoms with Crippen LogP contribution in [0.25, 0.3) is 21.9 Å². The van der Waals surface area contributed by atoms with E-state index in [1.165, 1.54) is 24.3 Å². The average molecular weight is 654 g/mol. The molecule has 0 atom stereocenters. The number of aliphatic carboxylic acids is 1. The van der Waals surface area contributed by atoms with Gasteiger partial charge in [0.05, 0.1) is 27.6 Å². The molecule has 0 aliphatic carbocycles. The van der Waals surface area contributed by atoms with E-state index in [2.05, 4.69) is 25.8 Å². The summed E-state index contributed by atoms with van der Waals surface area (Å²) in [5.41, 5.74) is 15.4. The maximum Gasteiger partial charge on any atom is 1.00 e. The van der Waals surface area contributed by atoms with Gasteiger partial charge in [0.2, 0.25) is 0 Å². The minimum Gasteiger partial charge on any atom is -0.744 e. The fraction of sp³-hybridized carbons (Fsp3) is 0. The molecule has 5 N–H and O–H groups in total. The van der Waals surface area contributed by atoms with Crippen molar-refractivity contribution in [3.63, 3.8) is 0 Å². The van der Waals surface area contributed by atoms with Crippen molar-refractivity contribution in [3.8, 4) is 11.1 Å². The molecule has 0 fully saturated rings. The van der Waals surface area contributed by atoms with Crippen molar-refractivity contribution in [2.45, 2.75) is 4.90 Å². The van der Waals surface area contributed by atoms with Crippen molar-refractivity contribution in [1.82, 2.24) is 0 Å². The van der Waals surface area contributed by atoms with E-state index in [9.17, 15) is 27.7 Å². The van der Waals surface area contributed by atoms with Gasteiger partial charge in [-0.05, 0) is 59.7 Å². The van der Waals surface area contributed by atoms with Gasteiger partial charge >= 0.3 is 59.1 Å². The summed E-state index contributed by atoms with van der Waals surface area (Å²) in [6, 6.07) is 26.0. The molecule has 46 heavy (non-hydrogen) atoms. The summed E-state index contributed by atoms with van der Waals surface area (Å²) in [7, 11) is -4.78. The number of hydrogen-bond acceptors (Lipinski definition) is 12. The van der Waals surface area contributed by atoms with Crippen molar-refractivity contribution in [2.75, 3.05) is 16.8 Å². The van der Waals surface area contributed by atoms with Crippen LogP contribution in [0, 0.1) is 0 Å². The van der Waals surface area contributed by atoms with Crippen LogP contribution in [-0.2, 0) is 19.7 Å². The molecular formula is C30H21N7Na2O6S. The van der Waals surface area contributed by atoms with Gasteiger partial charge in [-0.1, -0.05) is 48.5 Å². The van der Waals surface area contributed by atoms with E-state index in [4.69, 9.17) is 11.5 Å².